The zero-order chi connectivity index (χ0) is 26.0. The number of carbonyl (C=O) groups excluding carboxylic acids is 1. The van der Waals surface area contributed by atoms with Crippen molar-refractivity contribution in [2.45, 2.75) is 32.0 Å². The third-order valence-electron chi connectivity index (χ3n) is 6.75. The number of alkyl halides is 3. The summed E-state index contributed by atoms with van der Waals surface area (Å²) in [4.78, 5) is 26.3. The Labute approximate surface area is 208 Å². The largest absolute Gasteiger partial charge is 0.421 e. The summed E-state index contributed by atoms with van der Waals surface area (Å²) < 4.78 is 42.6. The number of likely N-dealkylation sites (tertiary alicyclic amines) is 2. The second kappa shape index (κ2) is 10.6. The van der Waals surface area contributed by atoms with Crippen LogP contribution in [0.1, 0.15) is 30.1 Å². The Morgan fingerprint density at radius 2 is 1.97 bits per heavy atom. The number of carbonyl (C=O) groups is 1. The fourth-order valence-corrected chi connectivity index (χ4v) is 4.62. The molecule has 2 fully saturated rings. The van der Waals surface area contributed by atoms with Crippen molar-refractivity contribution in [2.24, 2.45) is 5.92 Å². The Kier molecular flexibility index (Phi) is 7.69. The normalized spacial score (nSPS) is 19.4. The topological polar surface area (TPSA) is 94.5 Å². The first-order valence-electron chi connectivity index (χ1n) is 12.1. The Hall–Kier alpha value is -2.93. The highest BCUT2D eigenvalue weighted by atomic mass is 19.4. The molecule has 4 heterocycles. The van der Waals surface area contributed by atoms with Crippen LogP contribution in [0, 0.1) is 12.8 Å². The molecule has 0 aliphatic carbocycles. The molecule has 4 rings (SSSR count). The first kappa shape index (κ1) is 26.1. The number of aryl methyl sites for hydroxylation is 1. The van der Waals surface area contributed by atoms with Gasteiger partial charge in [0.05, 0.1) is 23.3 Å². The molecule has 0 bridgehead atoms. The van der Waals surface area contributed by atoms with E-state index in [1.807, 2.05) is 24.9 Å². The van der Waals surface area contributed by atoms with Crippen LogP contribution in [0.3, 0.4) is 0 Å². The van der Waals surface area contributed by atoms with Gasteiger partial charge in [0.2, 0.25) is 11.9 Å². The van der Waals surface area contributed by atoms with Gasteiger partial charge in [-0.15, -0.1) is 0 Å². The Balaban J connectivity index is 1.38. The van der Waals surface area contributed by atoms with Crippen LogP contribution in [-0.2, 0) is 11.0 Å². The maximum absolute atomic E-state index is 13.6. The van der Waals surface area contributed by atoms with Gasteiger partial charge in [0, 0.05) is 52.2 Å². The molecule has 198 valence electrons. The van der Waals surface area contributed by atoms with Crippen molar-refractivity contribution in [2.75, 3.05) is 71.0 Å². The first-order chi connectivity index (χ1) is 17.0. The second-order valence-corrected chi connectivity index (χ2v) is 9.85. The molecule has 0 spiro atoms. The molecule has 0 saturated carbocycles. The van der Waals surface area contributed by atoms with E-state index in [4.69, 9.17) is 0 Å². The standard InChI is InChI=1S/C23H34F3N9O/c1-15-19(14-35(31-15)17-6-9-32(2)13-17)29-22-28-10-18(23(24,25)26)20(30-22)27-7-5-8-34(4)21(36)16-11-33(3)12-16/h10,14,16-17H,5-9,11-13H2,1-4H3,(H2,27,28,29,30). The van der Waals surface area contributed by atoms with E-state index in [0.717, 1.165) is 38.8 Å². The van der Waals surface area contributed by atoms with Crippen LogP contribution in [-0.4, -0.2) is 101 Å². The molecule has 2 saturated heterocycles. The average Bonchev–Trinajstić information content (AvgIpc) is 3.38. The highest BCUT2D eigenvalue weighted by Gasteiger charge is 2.35. The molecule has 36 heavy (non-hydrogen) atoms. The molecule has 13 heteroatoms. The number of anilines is 3. The van der Waals surface area contributed by atoms with Crippen LogP contribution in [0.15, 0.2) is 12.4 Å². The lowest BCUT2D eigenvalue weighted by atomic mass is 10.00. The lowest BCUT2D eigenvalue weighted by Gasteiger charge is -2.37. The lowest BCUT2D eigenvalue weighted by molar-refractivity contribution is -0.139. The van der Waals surface area contributed by atoms with Crippen LogP contribution in [0.4, 0.5) is 30.6 Å². The molecule has 2 aromatic rings. The minimum absolute atomic E-state index is 0.00248. The van der Waals surface area contributed by atoms with Gasteiger partial charge >= 0.3 is 6.18 Å². The summed E-state index contributed by atoms with van der Waals surface area (Å²) in [5, 5.41) is 10.4. The van der Waals surface area contributed by atoms with Gasteiger partial charge in [0.1, 0.15) is 11.4 Å². The molecule has 2 aliphatic heterocycles. The third kappa shape index (κ3) is 6.06. The number of hydrogen-bond acceptors (Lipinski definition) is 8. The molecule has 1 atom stereocenters. The Morgan fingerprint density at radius 1 is 1.22 bits per heavy atom. The van der Waals surface area contributed by atoms with Crippen LogP contribution in [0.2, 0.25) is 0 Å². The number of amides is 1. The van der Waals surface area contributed by atoms with E-state index in [-0.39, 0.29) is 36.2 Å². The molecule has 2 aliphatic rings. The van der Waals surface area contributed by atoms with Crippen molar-refractivity contribution in [3.05, 3.63) is 23.7 Å². The zero-order valence-corrected chi connectivity index (χ0v) is 21.1. The summed E-state index contributed by atoms with van der Waals surface area (Å²) in [5.41, 5.74) is 0.432. The number of nitrogens with zero attached hydrogens (tertiary/aromatic N) is 7. The number of hydrogen-bond donors (Lipinski definition) is 2. The van der Waals surface area contributed by atoms with Gasteiger partial charge < -0.3 is 25.3 Å². The van der Waals surface area contributed by atoms with Gasteiger partial charge in [-0.05, 0) is 40.4 Å². The molecule has 1 unspecified atom stereocenters. The Bertz CT molecular complexity index is 1070. The predicted molar refractivity (Wildman–Crippen MR) is 130 cm³/mol. The van der Waals surface area contributed by atoms with Crippen molar-refractivity contribution < 1.29 is 18.0 Å². The van der Waals surface area contributed by atoms with Crippen LogP contribution < -0.4 is 10.6 Å². The van der Waals surface area contributed by atoms with Crippen LogP contribution in [0.25, 0.3) is 0 Å². The van der Waals surface area contributed by atoms with Crippen molar-refractivity contribution >= 4 is 23.4 Å². The van der Waals surface area contributed by atoms with Gasteiger partial charge in [-0.2, -0.15) is 23.3 Å². The van der Waals surface area contributed by atoms with Gasteiger partial charge in [-0.1, -0.05) is 0 Å². The fraction of sp³-hybridized carbons (Fsp3) is 0.652. The van der Waals surface area contributed by atoms with Crippen molar-refractivity contribution in [3.63, 3.8) is 0 Å². The number of aromatic nitrogens is 4. The Morgan fingerprint density at radius 3 is 2.61 bits per heavy atom. The van der Waals surface area contributed by atoms with E-state index >= 15 is 0 Å². The van der Waals surface area contributed by atoms with E-state index in [1.165, 1.54) is 0 Å². The summed E-state index contributed by atoms with van der Waals surface area (Å²) >= 11 is 0. The molecule has 1 amide bonds. The summed E-state index contributed by atoms with van der Waals surface area (Å²) in [6.45, 7) is 5.87. The van der Waals surface area contributed by atoms with E-state index < -0.39 is 11.7 Å². The van der Waals surface area contributed by atoms with Crippen molar-refractivity contribution in [1.29, 1.82) is 0 Å². The number of nitrogens with one attached hydrogen (secondary N) is 2. The first-order valence-corrected chi connectivity index (χ1v) is 12.1. The fourth-order valence-electron chi connectivity index (χ4n) is 4.62. The quantitative estimate of drug-likeness (QED) is 0.498. The lowest BCUT2D eigenvalue weighted by Crippen LogP contribution is -2.52. The molecule has 0 radical (unpaired) electrons. The van der Waals surface area contributed by atoms with Crippen LogP contribution in [0.5, 0.6) is 0 Å². The third-order valence-corrected chi connectivity index (χ3v) is 6.75. The monoisotopic (exact) mass is 509 g/mol. The summed E-state index contributed by atoms with van der Waals surface area (Å²) in [6.07, 6.45) is -0.498. The van der Waals surface area contributed by atoms with E-state index in [1.54, 1.807) is 11.9 Å². The SMILES string of the molecule is Cc1nn(C2CCN(C)C2)cc1Nc1ncc(C(F)(F)F)c(NCCCN(C)C(=O)C2CN(C)C2)n1. The van der Waals surface area contributed by atoms with Gasteiger partial charge in [-0.25, -0.2) is 4.98 Å². The van der Waals surface area contributed by atoms with Gasteiger partial charge in [-0.3, -0.25) is 9.48 Å². The number of likely N-dealkylation sites (N-methyl/N-ethyl adjacent to an activating group) is 1. The molecular formula is C23H34F3N9O. The molecular weight excluding hydrogens is 475 g/mol. The average molecular weight is 510 g/mol. The van der Waals surface area contributed by atoms with E-state index in [0.29, 0.717) is 24.3 Å². The highest BCUT2D eigenvalue weighted by Crippen LogP contribution is 2.34. The predicted octanol–water partition coefficient (Wildman–Crippen LogP) is 2.44. The van der Waals surface area contributed by atoms with Crippen molar-refractivity contribution in [3.8, 4) is 0 Å². The van der Waals surface area contributed by atoms with Crippen molar-refractivity contribution in [1.82, 2.24) is 34.4 Å². The molecule has 2 aromatic heterocycles. The maximum atomic E-state index is 13.6. The number of rotatable bonds is 9. The molecule has 2 N–H and O–H groups in total. The summed E-state index contributed by atoms with van der Waals surface area (Å²) in [5.74, 6) is -0.171. The van der Waals surface area contributed by atoms with E-state index in [2.05, 4.69) is 42.5 Å². The van der Waals surface area contributed by atoms with Gasteiger partial charge in [0.15, 0.2) is 0 Å². The summed E-state index contributed by atoms with van der Waals surface area (Å²) in [7, 11) is 5.74. The summed E-state index contributed by atoms with van der Waals surface area (Å²) in [6, 6.07) is 0.255. The van der Waals surface area contributed by atoms with Gasteiger partial charge in [0.25, 0.3) is 0 Å². The van der Waals surface area contributed by atoms with E-state index in [9.17, 15) is 18.0 Å². The zero-order valence-electron chi connectivity index (χ0n) is 21.1. The molecule has 0 aromatic carbocycles. The maximum Gasteiger partial charge on any atom is 0.421 e. The minimum Gasteiger partial charge on any atom is -0.369 e. The van der Waals surface area contributed by atoms with Crippen LogP contribution >= 0.6 is 0 Å². The molecule has 10 nitrogen and oxygen atoms in total. The minimum atomic E-state index is -4.60. The number of halogens is 3. The second-order valence-electron chi connectivity index (χ2n) is 9.85. The smallest absolute Gasteiger partial charge is 0.369 e. The highest BCUT2D eigenvalue weighted by molar-refractivity contribution is 5.79.